The summed E-state index contributed by atoms with van der Waals surface area (Å²) in [5.41, 5.74) is 2.15. The minimum absolute atomic E-state index is 0.213. The summed E-state index contributed by atoms with van der Waals surface area (Å²) >= 11 is 0. The number of hydrogen-bond donors (Lipinski definition) is 2. The molecule has 0 unspecified atom stereocenters. The van der Waals surface area contributed by atoms with E-state index >= 15 is 0 Å². The molecule has 2 N–H and O–H groups in total. The van der Waals surface area contributed by atoms with E-state index in [1.54, 1.807) is 0 Å². The first-order valence-electron chi connectivity index (χ1n) is 30.0. The van der Waals surface area contributed by atoms with Crippen LogP contribution in [0.25, 0.3) is 0 Å². The summed E-state index contributed by atoms with van der Waals surface area (Å²) in [7, 11) is 0. The van der Waals surface area contributed by atoms with Crippen LogP contribution in [0.3, 0.4) is 0 Å². The molecule has 432 valence electrons. The summed E-state index contributed by atoms with van der Waals surface area (Å²) in [6.07, 6.45) is 22.9. The molecule has 4 aliphatic heterocycles. The Morgan fingerprint density at radius 3 is 1.13 bits per heavy atom. The van der Waals surface area contributed by atoms with Crippen LogP contribution in [0, 0.1) is 0 Å². The smallest absolute Gasteiger partial charge is 0.307 e. The highest BCUT2D eigenvalue weighted by atomic mass is 16.9. The molecule has 14 nitrogen and oxygen atoms in total. The number of hydrogen-bond acceptors (Lipinski definition) is 14. The lowest BCUT2D eigenvalue weighted by atomic mass is 10.00. The first-order valence-corrected chi connectivity index (χ1v) is 30.0. The molecule has 0 spiro atoms. The normalized spacial score (nSPS) is 24.8. The number of rotatable bonds is 38. The lowest BCUT2D eigenvalue weighted by Crippen LogP contribution is -2.50. The van der Waals surface area contributed by atoms with Gasteiger partial charge < -0.3 is 58.0 Å². The van der Waals surface area contributed by atoms with E-state index in [1.807, 2.05) is 102 Å². The van der Waals surface area contributed by atoms with Gasteiger partial charge in [-0.1, -0.05) is 190 Å². The van der Waals surface area contributed by atoms with Crippen molar-refractivity contribution in [1.29, 1.82) is 0 Å². The van der Waals surface area contributed by atoms with Gasteiger partial charge in [0.05, 0.1) is 39.3 Å². The maximum atomic E-state index is 12.5. The molecule has 10 atom stereocenters. The fourth-order valence-electron chi connectivity index (χ4n) is 10.8. The molecular weight excluding hydrogens is 965 g/mol. The van der Waals surface area contributed by atoms with Gasteiger partial charge >= 0.3 is 11.9 Å². The van der Waals surface area contributed by atoms with Crippen LogP contribution < -0.4 is 10.6 Å². The predicted octanol–water partition coefficient (Wildman–Crippen LogP) is 12.6. The minimum Gasteiger partial charge on any atom is -0.466 e. The molecule has 0 aromatic heterocycles. The number of unbranched alkanes of at least 4 members (excludes halogenated alkanes) is 18. The van der Waals surface area contributed by atoms with Crippen molar-refractivity contribution in [2.24, 2.45) is 0 Å². The van der Waals surface area contributed by atoms with E-state index < -0.39 is 36.4 Å². The number of nitrogens with one attached hydrogen (secondary N) is 2. The fraction of sp³-hybridized carbons (Fsp3) is 0.774. The summed E-state index contributed by atoms with van der Waals surface area (Å²) in [6, 6.07) is 19.6. The molecule has 2 aromatic rings. The number of ether oxygens (including phenoxy) is 10. The van der Waals surface area contributed by atoms with Crippen molar-refractivity contribution in [2.75, 3.05) is 26.3 Å². The zero-order valence-electron chi connectivity index (χ0n) is 48.2. The van der Waals surface area contributed by atoms with Crippen LogP contribution >= 0.6 is 0 Å². The van der Waals surface area contributed by atoms with Crippen molar-refractivity contribution in [1.82, 2.24) is 10.6 Å². The van der Waals surface area contributed by atoms with Gasteiger partial charge in [0.15, 0.2) is 24.2 Å². The van der Waals surface area contributed by atoms with Gasteiger partial charge in [-0.3, -0.25) is 9.59 Å². The van der Waals surface area contributed by atoms with Gasteiger partial charge in [0.1, 0.15) is 36.6 Å². The van der Waals surface area contributed by atoms with E-state index in [4.69, 9.17) is 47.4 Å². The Hall–Kier alpha value is -3.02. The predicted molar refractivity (Wildman–Crippen MR) is 297 cm³/mol. The Morgan fingerprint density at radius 1 is 0.474 bits per heavy atom. The number of carbonyl (C=O) groups is 2. The van der Waals surface area contributed by atoms with Crippen LogP contribution in [0.2, 0.25) is 0 Å². The molecule has 0 aliphatic carbocycles. The van der Waals surface area contributed by atoms with Gasteiger partial charge in [-0.25, -0.2) is 0 Å². The average molecular weight is 1070 g/mol. The largest absolute Gasteiger partial charge is 0.466 e. The third-order valence-electron chi connectivity index (χ3n) is 14.7. The number of carbonyl (C=O) groups excluding carboxylic acids is 2. The van der Waals surface area contributed by atoms with Gasteiger partial charge in [-0.05, 0) is 78.6 Å². The van der Waals surface area contributed by atoms with Gasteiger partial charge in [-0.2, -0.15) is 0 Å². The lowest BCUT2D eigenvalue weighted by molar-refractivity contribution is -0.223. The van der Waals surface area contributed by atoms with Crippen LogP contribution in [-0.2, 0) is 70.2 Å². The molecule has 4 fully saturated rings. The zero-order valence-corrected chi connectivity index (χ0v) is 48.2. The van der Waals surface area contributed by atoms with Crippen LogP contribution in [0.1, 0.15) is 208 Å². The minimum atomic E-state index is -0.741. The monoisotopic (exact) mass is 1070 g/mol. The first kappa shape index (κ1) is 63.8. The third kappa shape index (κ3) is 23.0. The van der Waals surface area contributed by atoms with Crippen LogP contribution in [0.5, 0.6) is 0 Å². The Labute approximate surface area is 458 Å². The molecule has 4 saturated heterocycles. The van der Waals surface area contributed by atoms with E-state index in [9.17, 15) is 9.59 Å². The molecule has 76 heavy (non-hydrogen) atoms. The second kappa shape index (κ2) is 35.6. The van der Waals surface area contributed by atoms with Gasteiger partial charge in [0.2, 0.25) is 0 Å². The van der Waals surface area contributed by atoms with Crippen molar-refractivity contribution < 1.29 is 57.0 Å². The maximum absolute atomic E-state index is 12.5. The van der Waals surface area contributed by atoms with Crippen molar-refractivity contribution >= 4 is 11.9 Å². The Morgan fingerprint density at radius 2 is 0.803 bits per heavy atom. The molecular formula is C62H102N2O12. The van der Waals surface area contributed by atoms with Gasteiger partial charge in [0.25, 0.3) is 0 Å². The molecule has 4 aliphatic rings. The Kier molecular flexibility index (Phi) is 29.9. The summed E-state index contributed by atoms with van der Waals surface area (Å²) in [6.45, 7) is 18.9. The first-order chi connectivity index (χ1) is 36.9. The summed E-state index contributed by atoms with van der Waals surface area (Å²) in [5, 5.41) is 7.19. The standard InChI is InChI=1S/2C31H51NO6/c2*1-5-7-8-9-10-11-12-13-14-18-21-32-25(22-26(33)34-6-2)27-28(35-23-24-19-16-15-17-20-24)29-30(36-27)38-31(3,4)37-29/h2*15-17,19-20,25,27-30,32H,5-14,18,21-23H2,1-4H3/t25-,27+,28-,29+,30+;25-,27-,28+,29-,30-/m01/s1. The average Bonchev–Trinajstić information content (AvgIpc) is 4.10. The molecule has 14 heteroatoms. The molecule has 6 rings (SSSR count). The van der Waals surface area contributed by atoms with E-state index in [0.717, 1.165) is 37.1 Å². The third-order valence-corrected chi connectivity index (χ3v) is 14.7. The second-order valence-electron chi connectivity index (χ2n) is 22.2. The summed E-state index contributed by atoms with van der Waals surface area (Å²) < 4.78 is 60.6. The van der Waals surface area contributed by atoms with E-state index in [-0.39, 0.29) is 61.3 Å². The Bertz CT molecular complexity index is 1710. The Balaban J connectivity index is 0.000000281. The zero-order chi connectivity index (χ0) is 54.4. The lowest BCUT2D eigenvalue weighted by Gasteiger charge is -2.31. The number of esters is 2. The molecule has 2 aromatic carbocycles. The summed E-state index contributed by atoms with van der Waals surface area (Å²) in [5.74, 6) is -1.96. The highest BCUT2D eigenvalue weighted by Crippen LogP contribution is 2.42. The molecule has 0 saturated carbocycles. The molecule has 0 bridgehead atoms. The number of fused-ring (bicyclic) bond motifs is 2. The fourth-order valence-corrected chi connectivity index (χ4v) is 10.8. The van der Waals surface area contributed by atoms with Crippen LogP contribution in [-0.4, -0.2) is 111 Å². The molecule has 0 amide bonds. The topological polar surface area (TPSA) is 150 Å². The quantitative estimate of drug-likeness (QED) is 0.0485. The van der Waals surface area contributed by atoms with E-state index in [2.05, 4.69) is 24.5 Å². The highest BCUT2D eigenvalue weighted by molar-refractivity contribution is 5.70. The molecule has 0 radical (unpaired) electrons. The highest BCUT2D eigenvalue weighted by Gasteiger charge is 2.58. The summed E-state index contributed by atoms with van der Waals surface area (Å²) in [4.78, 5) is 25.1. The van der Waals surface area contributed by atoms with Crippen molar-refractivity contribution in [3.8, 4) is 0 Å². The SMILES string of the molecule is CCCCCCCCCCCCN[C@@H](CC(=O)OCC)[C@H]1O[C@@H]2OC(C)(C)O[C@@H]2[C@H]1OCc1ccccc1.CCCCCCCCCCCCN[C@H](CC(=O)OCC)[C@H]1O[C@@H]2OC(C)(C)O[C@@H]2[C@H]1OCc1ccccc1. The van der Waals surface area contributed by atoms with E-state index in [0.29, 0.717) is 26.4 Å². The van der Waals surface area contributed by atoms with Gasteiger partial charge in [0, 0.05) is 12.1 Å². The maximum Gasteiger partial charge on any atom is 0.307 e. The second-order valence-corrected chi connectivity index (χ2v) is 22.2. The van der Waals surface area contributed by atoms with Crippen LogP contribution in [0.15, 0.2) is 60.7 Å². The van der Waals surface area contributed by atoms with E-state index in [1.165, 1.54) is 116 Å². The number of benzene rings is 2. The van der Waals surface area contributed by atoms with Crippen molar-refractivity contribution in [2.45, 2.75) is 283 Å². The van der Waals surface area contributed by atoms with Gasteiger partial charge in [-0.15, -0.1) is 0 Å². The van der Waals surface area contributed by atoms with Crippen LogP contribution in [0.4, 0.5) is 0 Å². The van der Waals surface area contributed by atoms with Crippen molar-refractivity contribution in [3.63, 3.8) is 0 Å². The molecule has 4 heterocycles. The van der Waals surface area contributed by atoms with Crippen molar-refractivity contribution in [3.05, 3.63) is 71.8 Å².